The van der Waals surface area contributed by atoms with Crippen LogP contribution in [0.25, 0.3) is 11.1 Å². The van der Waals surface area contributed by atoms with E-state index < -0.39 is 0 Å². The van der Waals surface area contributed by atoms with Crippen molar-refractivity contribution in [1.29, 1.82) is 0 Å². The SMILES string of the molecule is Cc1ccc(-c2ccc(C(=O)NCCCN3CCOCC3)cc2)c(N)n1. The second kappa shape index (κ2) is 8.78. The van der Waals surface area contributed by atoms with Gasteiger partial charge < -0.3 is 15.8 Å². The number of carbonyl (C=O) groups is 1. The van der Waals surface area contributed by atoms with Crippen molar-refractivity contribution in [3.63, 3.8) is 0 Å². The highest BCUT2D eigenvalue weighted by Crippen LogP contribution is 2.24. The minimum absolute atomic E-state index is 0.0477. The molecule has 0 radical (unpaired) electrons. The first-order valence-electron chi connectivity index (χ1n) is 9.05. The van der Waals surface area contributed by atoms with Gasteiger partial charge in [0.25, 0.3) is 5.91 Å². The molecule has 1 fully saturated rings. The molecule has 2 heterocycles. The van der Waals surface area contributed by atoms with Crippen molar-refractivity contribution < 1.29 is 9.53 Å². The first-order valence-corrected chi connectivity index (χ1v) is 9.05. The lowest BCUT2D eigenvalue weighted by Crippen LogP contribution is -2.38. The molecule has 1 aromatic heterocycles. The number of benzene rings is 1. The molecule has 1 aliphatic rings. The van der Waals surface area contributed by atoms with E-state index in [0.29, 0.717) is 17.9 Å². The summed E-state index contributed by atoms with van der Waals surface area (Å²) in [5.41, 5.74) is 9.37. The van der Waals surface area contributed by atoms with Crippen LogP contribution in [-0.2, 0) is 4.74 Å². The number of carbonyl (C=O) groups excluding carboxylic acids is 1. The molecule has 1 saturated heterocycles. The molecule has 1 amide bonds. The van der Waals surface area contributed by atoms with Gasteiger partial charge >= 0.3 is 0 Å². The molecule has 0 saturated carbocycles. The average Bonchev–Trinajstić information content (AvgIpc) is 2.66. The lowest BCUT2D eigenvalue weighted by molar-refractivity contribution is 0.0374. The van der Waals surface area contributed by atoms with Crippen LogP contribution in [0, 0.1) is 6.92 Å². The van der Waals surface area contributed by atoms with Crippen molar-refractivity contribution >= 4 is 11.7 Å². The number of aromatic nitrogens is 1. The highest BCUT2D eigenvalue weighted by Gasteiger charge is 2.11. The molecule has 1 aromatic carbocycles. The van der Waals surface area contributed by atoms with Crippen LogP contribution in [0.15, 0.2) is 36.4 Å². The number of hydrogen-bond acceptors (Lipinski definition) is 5. The van der Waals surface area contributed by atoms with Gasteiger partial charge in [-0.2, -0.15) is 0 Å². The van der Waals surface area contributed by atoms with Gasteiger partial charge in [-0.15, -0.1) is 0 Å². The Labute approximate surface area is 154 Å². The zero-order valence-corrected chi connectivity index (χ0v) is 15.2. The van der Waals surface area contributed by atoms with E-state index in [9.17, 15) is 4.79 Å². The number of nitrogens with one attached hydrogen (secondary N) is 1. The lowest BCUT2D eigenvalue weighted by Gasteiger charge is -2.26. The van der Waals surface area contributed by atoms with Gasteiger partial charge in [0.05, 0.1) is 13.2 Å². The number of amides is 1. The van der Waals surface area contributed by atoms with Crippen molar-refractivity contribution in [3.8, 4) is 11.1 Å². The summed E-state index contributed by atoms with van der Waals surface area (Å²) in [7, 11) is 0. The van der Waals surface area contributed by atoms with Gasteiger partial charge in [0.15, 0.2) is 0 Å². The standard InChI is InChI=1S/C20H26N4O2/c1-15-3-8-18(19(21)23-15)16-4-6-17(7-5-16)20(25)22-9-2-10-24-11-13-26-14-12-24/h3-8H,2,9-14H2,1H3,(H2,21,23)(H,22,25). The molecule has 6 heteroatoms. The average molecular weight is 354 g/mol. The normalized spacial score (nSPS) is 15.0. The third-order valence-corrected chi connectivity index (χ3v) is 4.56. The topological polar surface area (TPSA) is 80.5 Å². The smallest absolute Gasteiger partial charge is 0.251 e. The number of hydrogen-bond donors (Lipinski definition) is 2. The highest BCUT2D eigenvalue weighted by molar-refractivity contribution is 5.94. The van der Waals surface area contributed by atoms with Gasteiger partial charge in [-0.1, -0.05) is 12.1 Å². The predicted molar refractivity (Wildman–Crippen MR) is 103 cm³/mol. The second-order valence-corrected chi connectivity index (χ2v) is 6.53. The molecule has 3 rings (SSSR count). The Kier molecular flexibility index (Phi) is 6.20. The maximum atomic E-state index is 12.3. The summed E-state index contributed by atoms with van der Waals surface area (Å²) in [6.07, 6.45) is 0.940. The van der Waals surface area contributed by atoms with Gasteiger partial charge in [-0.3, -0.25) is 9.69 Å². The molecule has 0 bridgehead atoms. The zero-order valence-electron chi connectivity index (χ0n) is 15.2. The van der Waals surface area contributed by atoms with Crippen LogP contribution in [0.4, 0.5) is 5.82 Å². The van der Waals surface area contributed by atoms with Crippen LogP contribution in [0.3, 0.4) is 0 Å². The minimum Gasteiger partial charge on any atom is -0.383 e. The Morgan fingerprint density at radius 3 is 2.62 bits per heavy atom. The van der Waals surface area contributed by atoms with E-state index in [1.807, 2.05) is 43.3 Å². The zero-order chi connectivity index (χ0) is 18.4. The highest BCUT2D eigenvalue weighted by atomic mass is 16.5. The minimum atomic E-state index is -0.0477. The number of nitrogens with zero attached hydrogens (tertiary/aromatic N) is 2. The first kappa shape index (κ1) is 18.4. The van der Waals surface area contributed by atoms with Crippen molar-refractivity contribution in [2.45, 2.75) is 13.3 Å². The monoisotopic (exact) mass is 354 g/mol. The molecule has 138 valence electrons. The summed E-state index contributed by atoms with van der Waals surface area (Å²) in [5.74, 6) is 0.457. The fourth-order valence-electron chi connectivity index (χ4n) is 3.05. The lowest BCUT2D eigenvalue weighted by atomic mass is 10.0. The van der Waals surface area contributed by atoms with Gasteiger partial charge in [0, 0.05) is 36.5 Å². The summed E-state index contributed by atoms with van der Waals surface area (Å²) in [5, 5.41) is 2.98. The molecular weight excluding hydrogens is 328 g/mol. The quantitative estimate of drug-likeness (QED) is 0.777. The summed E-state index contributed by atoms with van der Waals surface area (Å²) >= 11 is 0. The number of rotatable bonds is 6. The van der Waals surface area contributed by atoms with Crippen LogP contribution < -0.4 is 11.1 Å². The van der Waals surface area contributed by atoms with E-state index in [0.717, 1.165) is 56.1 Å². The number of anilines is 1. The number of nitrogens with two attached hydrogens (primary N) is 1. The Hall–Kier alpha value is -2.44. The molecule has 0 aliphatic carbocycles. The number of morpholine rings is 1. The molecule has 2 aromatic rings. The molecule has 0 unspecified atom stereocenters. The van der Waals surface area contributed by atoms with E-state index in [4.69, 9.17) is 10.5 Å². The van der Waals surface area contributed by atoms with Crippen LogP contribution in [0.2, 0.25) is 0 Å². The van der Waals surface area contributed by atoms with Crippen LogP contribution in [0.5, 0.6) is 0 Å². The molecule has 0 spiro atoms. The van der Waals surface area contributed by atoms with Crippen LogP contribution in [-0.4, -0.2) is 55.2 Å². The van der Waals surface area contributed by atoms with E-state index in [1.54, 1.807) is 0 Å². The molecule has 1 aliphatic heterocycles. The van der Waals surface area contributed by atoms with E-state index in [-0.39, 0.29) is 5.91 Å². The van der Waals surface area contributed by atoms with Gasteiger partial charge in [-0.25, -0.2) is 4.98 Å². The number of pyridine rings is 1. The summed E-state index contributed by atoms with van der Waals surface area (Å²) in [6.45, 7) is 7.14. The van der Waals surface area contributed by atoms with Gasteiger partial charge in [-0.05, 0) is 49.7 Å². The summed E-state index contributed by atoms with van der Waals surface area (Å²) < 4.78 is 5.33. The van der Waals surface area contributed by atoms with Crippen molar-refractivity contribution in [1.82, 2.24) is 15.2 Å². The molecule has 0 atom stereocenters. The molecule has 6 nitrogen and oxygen atoms in total. The number of aryl methyl sites for hydroxylation is 1. The molecule has 3 N–H and O–H groups in total. The maximum Gasteiger partial charge on any atom is 0.251 e. The van der Waals surface area contributed by atoms with Crippen LogP contribution in [0.1, 0.15) is 22.5 Å². The largest absolute Gasteiger partial charge is 0.383 e. The Balaban J connectivity index is 1.50. The summed E-state index contributed by atoms with van der Waals surface area (Å²) in [6, 6.07) is 11.4. The van der Waals surface area contributed by atoms with Crippen LogP contribution >= 0.6 is 0 Å². The third kappa shape index (κ3) is 4.80. The number of nitrogen functional groups attached to an aromatic ring is 1. The van der Waals surface area contributed by atoms with Crippen molar-refractivity contribution in [2.24, 2.45) is 0 Å². The van der Waals surface area contributed by atoms with Gasteiger partial charge in [0.2, 0.25) is 0 Å². The fraction of sp³-hybridized carbons (Fsp3) is 0.400. The fourth-order valence-corrected chi connectivity index (χ4v) is 3.05. The van der Waals surface area contributed by atoms with Gasteiger partial charge in [0.1, 0.15) is 5.82 Å². The maximum absolute atomic E-state index is 12.3. The van der Waals surface area contributed by atoms with E-state index >= 15 is 0 Å². The first-order chi connectivity index (χ1) is 12.6. The second-order valence-electron chi connectivity index (χ2n) is 6.53. The van der Waals surface area contributed by atoms with E-state index in [2.05, 4.69) is 15.2 Å². The molecular formula is C20H26N4O2. The summed E-state index contributed by atoms with van der Waals surface area (Å²) in [4.78, 5) is 18.9. The van der Waals surface area contributed by atoms with E-state index in [1.165, 1.54) is 0 Å². The predicted octanol–water partition coefficient (Wildman–Crippen LogP) is 2.09. The number of ether oxygens (including phenoxy) is 1. The van der Waals surface area contributed by atoms with Crippen molar-refractivity contribution in [3.05, 3.63) is 47.7 Å². The molecule has 26 heavy (non-hydrogen) atoms. The Morgan fingerprint density at radius 2 is 1.92 bits per heavy atom. The third-order valence-electron chi connectivity index (χ3n) is 4.56. The van der Waals surface area contributed by atoms with Crippen molar-refractivity contribution in [2.75, 3.05) is 45.1 Å². The Bertz CT molecular complexity index is 740. The Morgan fingerprint density at radius 1 is 1.19 bits per heavy atom.